The summed E-state index contributed by atoms with van der Waals surface area (Å²) in [7, 11) is 1.55. The van der Waals surface area contributed by atoms with Crippen LogP contribution in [0.1, 0.15) is 26.2 Å². The Hall–Kier alpha value is -1.59. The lowest BCUT2D eigenvalue weighted by atomic mass is 10.1. The van der Waals surface area contributed by atoms with Crippen molar-refractivity contribution in [3.8, 4) is 0 Å². The van der Waals surface area contributed by atoms with E-state index in [1.54, 1.807) is 7.05 Å². The molecule has 0 fully saturated rings. The lowest BCUT2D eigenvalue weighted by molar-refractivity contribution is -0.139. The molecule has 0 aliphatic heterocycles. The normalized spacial score (nSPS) is 11.9. The van der Waals surface area contributed by atoms with Gasteiger partial charge in [0.25, 0.3) is 0 Å². The zero-order chi connectivity index (χ0) is 21.0. The van der Waals surface area contributed by atoms with Gasteiger partial charge in [-0.1, -0.05) is 0 Å². The van der Waals surface area contributed by atoms with Crippen LogP contribution in [0, 0.1) is 0 Å². The summed E-state index contributed by atoms with van der Waals surface area (Å²) in [5.41, 5.74) is 0. The average Bonchev–Trinajstić information content (AvgIpc) is 2.64. The van der Waals surface area contributed by atoms with Gasteiger partial charge in [-0.25, -0.2) is 0 Å². The second-order valence-corrected chi connectivity index (χ2v) is 5.97. The number of likely N-dealkylation sites (N-methyl/N-ethyl adjacent to an activating group) is 1. The molecule has 0 aromatic heterocycles. The van der Waals surface area contributed by atoms with E-state index in [0.29, 0.717) is 65.8 Å². The smallest absolute Gasteiger partial charge is 0.320 e. The predicted octanol–water partition coefficient (Wildman–Crippen LogP) is -0.399. The summed E-state index contributed by atoms with van der Waals surface area (Å²) >= 11 is 0. The number of nitrogens with one attached hydrogen (secondary N) is 2. The van der Waals surface area contributed by atoms with Gasteiger partial charge < -0.3 is 34.7 Å². The highest BCUT2D eigenvalue weighted by Gasteiger charge is 2.15. The van der Waals surface area contributed by atoms with Gasteiger partial charge in [-0.2, -0.15) is 0 Å². The first-order valence-corrected chi connectivity index (χ1v) is 9.44. The molecule has 0 aliphatic carbocycles. The number of aliphatic carboxylic acids is 1. The molecule has 0 saturated carbocycles. The maximum absolute atomic E-state index is 11.6. The molecule has 3 N–H and O–H groups in total. The summed E-state index contributed by atoms with van der Waals surface area (Å²) in [5, 5.41) is 14.2. The van der Waals surface area contributed by atoms with Gasteiger partial charge in [0.1, 0.15) is 11.8 Å². The Bertz CT molecular complexity index is 434. The van der Waals surface area contributed by atoms with E-state index in [4.69, 9.17) is 24.1 Å². The first kappa shape index (κ1) is 26.4. The van der Waals surface area contributed by atoms with E-state index in [9.17, 15) is 14.4 Å². The number of carbonyl (C=O) groups excluding carboxylic acids is 2. The molecule has 1 amide bonds. The first-order chi connectivity index (χ1) is 13.5. The summed E-state index contributed by atoms with van der Waals surface area (Å²) in [5.74, 6) is -1.07. The van der Waals surface area contributed by atoms with Crippen LogP contribution in [-0.4, -0.2) is 95.3 Å². The fraction of sp³-hybridized carbons (Fsp3) is 0.833. The predicted molar refractivity (Wildman–Crippen MR) is 101 cm³/mol. The van der Waals surface area contributed by atoms with Crippen LogP contribution in [0.2, 0.25) is 0 Å². The number of carboxylic acids is 1. The molecule has 0 heterocycles. The lowest BCUT2D eigenvalue weighted by Gasteiger charge is -2.11. The van der Waals surface area contributed by atoms with Gasteiger partial charge in [-0.05, 0) is 20.4 Å². The minimum absolute atomic E-state index is 0.109. The third-order valence-electron chi connectivity index (χ3n) is 3.59. The van der Waals surface area contributed by atoms with E-state index in [1.165, 1.54) is 6.92 Å². The van der Waals surface area contributed by atoms with Gasteiger partial charge in [0.15, 0.2) is 0 Å². The van der Waals surface area contributed by atoms with Crippen LogP contribution < -0.4 is 10.6 Å². The topological polar surface area (TPSA) is 132 Å². The van der Waals surface area contributed by atoms with Crippen LogP contribution >= 0.6 is 0 Å². The molecule has 0 bridgehead atoms. The number of Topliss-reactive ketones (excluding diaryl/α,β-unsaturated/α-hetero) is 1. The third kappa shape index (κ3) is 17.8. The number of amides is 1. The molecule has 0 saturated heterocycles. The minimum atomic E-state index is -0.970. The van der Waals surface area contributed by atoms with Crippen LogP contribution in [0.5, 0.6) is 0 Å². The molecule has 0 spiro atoms. The SMILES string of the molecule is CNC(CCC(=O)NCCOCCOCCOCCOCCC(C)=O)C(=O)O. The van der Waals surface area contributed by atoms with Crippen LogP contribution in [0.15, 0.2) is 0 Å². The Morgan fingerprint density at radius 1 is 0.821 bits per heavy atom. The Morgan fingerprint density at radius 3 is 1.79 bits per heavy atom. The monoisotopic (exact) mass is 406 g/mol. The van der Waals surface area contributed by atoms with E-state index in [2.05, 4.69) is 10.6 Å². The highest BCUT2D eigenvalue weighted by molar-refractivity contribution is 5.78. The number of carboxylic acid groups (broad SMARTS) is 1. The van der Waals surface area contributed by atoms with Crippen molar-refractivity contribution >= 4 is 17.7 Å². The largest absolute Gasteiger partial charge is 0.480 e. The zero-order valence-corrected chi connectivity index (χ0v) is 16.9. The van der Waals surface area contributed by atoms with Crippen molar-refractivity contribution in [2.24, 2.45) is 0 Å². The van der Waals surface area contributed by atoms with Crippen molar-refractivity contribution in [3.63, 3.8) is 0 Å². The molecular formula is C18H34N2O8. The van der Waals surface area contributed by atoms with Crippen molar-refractivity contribution < 1.29 is 38.4 Å². The molecule has 1 atom stereocenters. The van der Waals surface area contributed by atoms with Crippen molar-refractivity contribution in [1.29, 1.82) is 0 Å². The molecule has 10 heteroatoms. The number of hydrogen-bond donors (Lipinski definition) is 3. The lowest BCUT2D eigenvalue weighted by Crippen LogP contribution is -2.36. The van der Waals surface area contributed by atoms with E-state index in [1.807, 2.05) is 0 Å². The quantitative estimate of drug-likeness (QED) is 0.231. The van der Waals surface area contributed by atoms with Gasteiger partial charge in [0, 0.05) is 19.4 Å². The zero-order valence-electron chi connectivity index (χ0n) is 16.9. The maximum Gasteiger partial charge on any atom is 0.320 e. The van der Waals surface area contributed by atoms with Gasteiger partial charge >= 0.3 is 5.97 Å². The maximum atomic E-state index is 11.6. The number of rotatable bonds is 20. The Labute approximate surface area is 166 Å². The summed E-state index contributed by atoms with van der Waals surface area (Å²) in [6.07, 6.45) is 0.802. The van der Waals surface area contributed by atoms with Gasteiger partial charge in [-0.15, -0.1) is 0 Å². The molecule has 10 nitrogen and oxygen atoms in total. The molecule has 0 rings (SSSR count). The first-order valence-electron chi connectivity index (χ1n) is 9.44. The molecule has 0 aromatic rings. The van der Waals surface area contributed by atoms with E-state index in [0.717, 1.165) is 0 Å². The van der Waals surface area contributed by atoms with Gasteiger partial charge in [0.2, 0.25) is 5.91 Å². The molecule has 1 unspecified atom stereocenters. The number of ketones is 1. The van der Waals surface area contributed by atoms with Crippen LogP contribution in [0.3, 0.4) is 0 Å². The third-order valence-corrected chi connectivity index (χ3v) is 3.59. The second kappa shape index (κ2) is 18.8. The number of ether oxygens (including phenoxy) is 4. The molecular weight excluding hydrogens is 372 g/mol. The second-order valence-electron chi connectivity index (χ2n) is 5.97. The summed E-state index contributed by atoms with van der Waals surface area (Å²) in [6, 6.07) is -0.720. The van der Waals surface area contributed by atoms with Crippen LogP contribution in [-0.2, 0) is 33.3 Å². The average molecular weight is 406 g/mol. The number of carbonyl (C=O) groups is 3. The van der Waals surface area contributed by atoms with Crippen molar-refractivity contribution in [2.75, 3.05) is 66.4 Å². The van der Waals surface area contributed by atoms with Crippen LogP contribution in [0.25, 0.3) is 0 Å². The van der Waals surface area contributed by atoms with Gasteiger partial charge in [0.05, 0.1) is 52.9 Å². The minimum Gasteiger partial charge on any atom is -0.480 e. The highest BCUT2D eigenvalue weighted by atomic mass is 16.6. The molecule has 0 radical (unpaired) electrons. The molecule has 164 valence electrons. The summed E-state index contributed by atoms with van der Waals surface area (Å²) in [6.45, 7) is 5.32. The van der Waals surface area contributed by atoms with E-state index >= 15 is 0 Å². The van der Waals surface area contributed by atoms with Crippen LogP contribution in [0.4, 0.5) is 0 Å². The molecule has 28 heavy (non-hydrogen) atoms. The Kier molecular flexibility index (Phi) is 17.7. The highest BCUT2D eigenvalue weighted by Crippen LogP contribution is 1.97. The van der Waals surface area contributed by atoms with E-state index < -0.39 is 12.0 Å². The number of hydrogen-bond acceptors (Lipinski definition) is 8. The van der Waals surface area contributed by atoms with Gasteiger partial charge in [-0.3, -0.25) is 14.4 Å². The summed E-state index contributed by atoms with van der Waals surface area (Å²) in [4.78, 5) is 33.1. The Morgan fingerprint density at radius 2 is 1.32 bits per heavy atom. The molecule has 0 aromatic carbocycles. The van der Waals surface area contributed by atoms with Crippen molar-refractivity contribution in [1.82, 2.24) is 10.6 Å². The summed E-state index contributed by atoms with van der Waals surface area (Å²) < 4.78 is 21.2. The fourth-order valence-electron chi connectivity index (χ4n) is 2.00. The molecule has 0 aliphatic rings. The van der Waals surface area contributed by atoms with E-state index in [-0.39, 0.29) is 24.5 Å². The standard InChI is InChI=1S/C18H34N2O8/c1-15(21)5-7-25-9-11-27-13-14-28-12-10-26-8-6-20-17(22)4-3-16(19-2)18(23)24/h16,19H,3-14H2,1-2H3,(H,20,22)(H,23,24). The fourth-order valence-corrected chi connectivity index (χ4v) is 2.00. The Balaban J connectivity index is 3.28. The van der Waals surface area contributed by atoms with Crippen molar-refractivity contribution in [2.45, 2.75) is 32.2 Å². The van der Waals surface area contributed by atoms with Crippen molar-refractivity contribution in [3.05, 3.63) is 0 Å².